The quantitative estimate of drug-likeness (QED) is 0.916. The first kappa shape index (κ1) is 13.5. The Morgan fingerprint density at radius 3 is 2.78 bits per heavy atom. The predicted molar refractivity (Wildman–Crippen MR) is 70.1 cm³/mol. The highest BCUT2D eigenvalue weighted by atomic mass is 35.5. The van der Waals surface area contributed by atoms with Gasteiger partial charge in [0.05, 0.1) is 0 Å². The van der Waals surface area contributed by atoms with E-state index in [1.54, 1.807) is 6.07 Å². The molecule has 2 unspecified atom stereocenters. The zero-order valence-electron chi connectivity index (χ0n) is 10.2. The van der Waals surface area contributed by atoms with E-state index in [-0.39, 0.29) is 30.0 Å². The van der Waals surface area contributed by atoms with Crippen LogP contribution < -0.4 is 5.73 Å². The number of Topliss-reactive ketones (excluding diaryl/α,β-unsaturated/α-hetero) is 1. The highest BCUT2D eigenvalue weighted by Gasteiger charge is 2.28. The minimum atomic E-state index is -0.384. The molecule has 1 aliphatic carbocycles. The summed E-state index contributed by atoms with van der Waals surface area (Å²) in [4.78, 5) is 12.2. The first-order valence-corrected chi connectivity index (χ1v) is 6.68. The third-order valence-corrected chi connectivity index (χ3v) is 3.96. The summed E-state index contributed by atoms with van der Waals surface area (Å²) in [7, 11) is 0. The van der Waals surface area contributed by atoms with Gasteiger partial charge in [-0.1, -0.05) is 30.5 Å². The largest absolute Gasteiger partial charge is 0.327 e. The molecular weight excluding hydrogens is 253 g/mol. The first-order valence-electron chi connectivity index (χ1n) is 6.30. The van der Waals surface area contributed by atoms with Crippen molar-refractivity contribution in [1.29, 1.82) is 0 Å². The summed E-state index contributed by atoms with van der Waals surface area (Å²) >= 11 is 5.93. The van der Waals surface area contributed by atoms with E-state index in [9.17, 15) is 9.18 Å². The van der Waals surface area contributed by atoms with Crippen LogP contribution in [0.4, 0.5) is 4.39 Å². The minimum absolute atomic E-state index is 0.0366. The van der Waals surface area contributed by atoms with Crippen LogP contribution in [0, 0.1) is 11.7 Å². The van der Waals surface area contributed by atoms with Crippen LogP contribution in [0.15, 0.2) is 18.2 Å². The van der Waals surface area contributed by atoms with Gasteiger partial charge in [0.25, 0.3) is 0 Å². The molecule has 2 N–H and O–H groups in total. The second-order valence-corrected chi connectivity index (χ2v) is 5.34. The number of benzene rings is 1. The van der Waals surface area contributed by atoms with E-state index in [1.165, 1.54) is 12.1 Å². The molecule has 0 saturated heterocycles. The van der Waals surface area contributed by atoms with E-state index < -0.39 is 0 Å². The lowest BCUT2D eigenvalue weighted by molar-refractivity contribution is -0.123. The molecule has 4 heteroatoms. The Hall–Kier alpha value is -0.930. The molecule has 0 bridgehead atoms. The van der Waals surface area contributed by atoms with Crippen LogP contribution in [0.25, 0.3) is 0 Å². The lowest BCUT2D eigenvalue weighted by Gasteiger charge is -2.27. The zero-order valence-corrected chi connectivity index (χ0v) is 10.9. The van der Waals surface area contributed by atoms with Crippen LogP contribution in [-0.2, 0) is 11.2 Å². The normalized spacial score (nSPS) is 23.9. The third kappa shape index (κ3) is 3.09. The van der Waals surface area contributed by atoms with Gasteiger partial charge in [-0.15, -0.1) is 0 Å². The third-order valence-electron chi connectivity index (χ3n) is 3.61. The fourth-order valence-electron chi connectivity index (χ4n) is 2.54. The lowest BCUT2D eigenvalue weighted by atomic mass is 9.81. The summed E-state index contributed by atoms with van der Waals surface area (Å²) in [6.07, 6.45) is 4.17. The van der Waals surface area contributed by atoms with Crippen molar-refractivity contribution in [3.05, 3.63) is 34.6 Å². The highest BCUT2D eigenvalue weighted by molar-refractivity contribution is 6.31. The molecular formula is C14H17ClFNO. The number of ketones is 1. The second kappa shape index (κ2) is 5.81. The summed E-state index contributed by atoms with van der Waals surface area (Å²) in [6.45, 7) is 0. The van der Waals surface area contributed by atoms with E-state index in [0.29, 0.717) is 10.6 Å². The van der Waals surface area contributed by atoms with Crippen molar-refractivity contribution in [2.24, 2.45) is 11.7 Å². The molecule has 1 saturated carbocycles. The predicted octanol–water partition coefficient (Wildman–Crippen LogP) is 3.11. The second-order valence-electron chi connectivity index (χ2n) is 4.93. The molecule has 98 valence electrons. The van der Waals surface area contributed by atoms with Crippen LogP contribution in [0.2, 0.25) is 5.02 Å². The summed E-state index contributed by atoms with van der Waals surface area (Å²) < 4.78 is 12.9. The molecule has 1 aromatic rings. The van der Waals surface area contributed by atoms with Crippen molar-refractivity contribution in [2.75, 3.05) is 0 Å². The van der Waals surface area contributed by atoms with Crippen molar-refractivity contribution < 1.29 is 9.18 Å². The highest BCUT2D eigenvalue weighted by Crippen LogP contribution is 2.26. The standard InChI is InChI=1S/C14H17ClFNO/c15-12-8-10(16)6-5-9(12)7-14(18)11-3-1-2-4-13(11)17/h5-6,8,11,13H,1-4,7,17H2. The van der Waals surface area contributed by atoms with Crippen LogP contribution >= 0.6 is 11.6 Å². The molecule has 1 aromatic carbocycles. The van der Waals surface area contributed by atoms with Gasteiger partial charge < -0.3 is 5.73 Å². The van der Waals surface area contributed by atoms with Crippen LogP contribution in [-0.4, -0.2) is 11.8 Å². The molecule has 0 amide bonds. The monoisotopic (exact) mass is 269 g/mol. The summed E-state index contributed by atoms with van der Waals surface area (Å²) in [5.41, 5.74) is 6.66. The van der Waals surface area contributed by atoms with Gasteiger partial charge in [-0.2, -0.15) is 0 Å². The van der Waals surface area contributed by atoms with Crippen LogP contribution in [0.5, 0.6) is 0 Å². The van der Waals surface area contributed by atoms with Gasteiger partial charge in [0, 0.05) is 23.4 Å². The molecule has 1 fully saturated rings. The summed E-state index contributed by atoms with van der Waals surface area (Å²) in [5, 5.41) is 0.313. The topological polar surface area (TPSA) is 43.1 Å². The van der Waals surface area contributed by atoms with E-state index in [2.05, 4.69) is 0 Å². The Kier molecular flexibility index (Phi) is 4.36. The Balaban J connectivity index is 2.06. The Labute approximate surface area is 111 Å². The fraction of sp³-hybridized carbons (Fsp3) is 0.500. The number of carbonyl (C=O) groups excluding carboxylic acids is 1. The molecule has 0 spiro atoms. The van der Waals surface area contributed by atoms with E-state index >= 15 is 0 Å². The molecule has 2 rings (SSSR count). The molecule has 0 aromatic heterocycles. The summed E-state index contributed by atoms with van der Waals surface area (Å²) in [6, 6.07) is 4.11. The number of nitrogens with two attached hydrogens (primary N) is 1. The van der Waals surface area contributed by atoms with Crippen molar-refractivity contribution in [2.45, 2.75) is 38.1 Å². The van der Waals surface area contributed by atoms with Crippen molar-refractivity contribution >= 4 is 17.4 Å². The van der Waals surface area contributed by atoms with Crippen molar-refractivity contribution in [1.82, 2.24) is 0 Å². The molecule has 2 nitrogen and oxygen atoms in total. The van der Waals surface area contributed by atoms with Gasteiger partial charge in [-0.3, -0.25) is 4.79 Å². The van der Waals surface area contributed by atoms with Gasteiger partial charge in [0.1, 0.15) is 11.6 Å². The molecule has 0 heterocycles. The lowest BCUT2D eigenvalue weighted by Crippen LogP contribution is -2.38. The smallest absolute Gasteiger partial charge is 0.141 e. The van der Waals surface area contributed by atoms with Crippen LogP contribution in [0.3, 0.4) is 0 Å². The molecule has 0 aliphatic heterocycles. The molecule has 0 radical (unpaired) electrons. The molecule has 1 aliphatic rings. The van der Waals surface area contributed by atoms with Gasteiger partial charge in [0.2, 0.25) is 0 Å². The Bertz CT molecular complexity index is 449. The van der Waals surface area contributed by atoms with E-state index in [4.69, 9.17) is 17.3 Å². The molecule has 2 atom stereocenters. The number of carbonyl (C=O) groups is 1. The van der Waals surface area contributed by atoms with Crippen LogP contribution in [0.1, 0.15) is 31.2 Å². The Morgan fingerprint density at radius 1 is 1.39 bits per heavy atom. The summed E-state index contributed by atoms with van der Waals surface area (Å²) in [5.74, 6) is -0.332. The SMILES string of the molecule is NC1CCCCC1C(=O)Cc1ccc(F)cc1Cl. The maximum Gasteiger partial charge on any atom is 0.141 e. The molecule has 18 heavy (non-hydrogen) atoms. The average molecular weight is 270 g/mol. The minimum Gasteiger partial charge on any atom is -0.327 e. The van der Waals surface area contributed by atoms with Gasteiger partial charge in [-0.25, -0.2) is 4.39 Å². The zero-order chi connectivity index (χ0) is 13.1. The van der Waals surface area contributed by atoms with Crippen molar-refractivity contribution in [3.63, 3.8) is 0 Å². The number of halogens is 2. The number of rotatable bonds is 3. The number of hydrogen-bond donors (Lipinski definition) is 1. The maximum absolute atomic E-state index is 12.9. The maximum atomic E-state index is 12.9. The van der Waals surface area contributed by atoms with E-state index in [1.807, 2.05) is 0 Å². The fourth-order valence-corrected chi connectivity index (χ4v) is 2.78. The van der Waals surface area contributed by atoms with Gasteiger partial charge in [0.15, 0.2) is 0 Å². The van der Waals surface area contributed by atoms with Gasteiger partial charge in [-0.05, 0) is 30.5 Å². The van der Waals surface area contributed by atoms with Gasteiger partial charge >= 0.3 is 0 Å². The Morgan fingerprint density at radius 2 is 2.11 bits per heavy atom. The average Bonchev–Trinajstić information content (AvgIpc) is 2.33. The number of hydrogen-bond acceptors (Lipinski definition) is 2. The van der Waals surface area contributed by atoms with Crippen molar-refractivity contribution in [3.8, 4) is 0 Å². The first-order chi connectivity index (χ1) is 8.58. The van der Waals surface area contributed by atoms with E-state index in [0.717, 1.165) is 25.7 Å².